The standard InChI is InChI=1S/C57H94N2.2C2H5.Ni/c1-5-9-13-16-18-19-20-21-22-23-24-25-26-27-28-29-30-31-32-34-37-41-55-54(40-36-33-17-14-10-6-2)56(52-46-42-50(43-47-52)38-12-8-4)59(58)57(55)53-48-44-51(45-49-53)39-35-15-11-7-3;2*1-2;/h42-49H,5-41H2,1-4H3;2*1H2,2H3;. The predicted molar refractivity (Wildman–Crippen MR) is 283 cm³/mol. The molecule has 3 heteroatoms. The Hall–Kier alpha value is -1.99. The van der Waals surface area contributed by atoms with Gasteiger partial charge in [0.05, 0.1) is 0 Å². The molecule has 0 saturated heterocycles. The number of aryl methyl sites for hydroxylation is 2. The third-order valence-electron chi connectivity index (χ3n) is 13.6. The van der Waals surface area contributed by atoms with Crippen molar-refractivity contribution in [3.63, 3.8) is 0 Å². The van der Waals surface area contributed by atoms with Crippen LogP contribution in [0.3, 0.4) is 0 Å². The van der Waals surface area contributed by atoms with Gasteiger partial charge in [0.1, 0.15) is 0 Å². The van der Waals surface area contributed by atoms with Gasteiger partial charge in [-0.05, 0) is 86.8 Å². The van der Waals surface area contributed by atoms with E-state index in [1.54, 1.807) is 4.70 Å². The summed E-state index contributed by atoms with van der Waals surface area (Å²) in [5.74, 6) is 0. The molecule has 0 atom stereocenters. The van der Waals surface area contributed by atoms with Crippen LogP contribution in [0.1, 0.15) is 289 Å². The molecule has 0 bridgehead atoms. The van der Waals surface area contributed by atoms with Gasteiger partial charge in [0.15, 0.2) is 0 Å². The fraction of sp³-hybridized carbons (Fsp3) is 0.738. The molecule has 0 N–H and O–H groups in total. The Kier molecular flexibility index (Phi) is 37.4. The van der Waals surface area contributed by atoms with Crippen molar-refractivity contribution < 1.29 is 19.1 Å². The summed E-state index contributed by atoms with van der Waals surface area (Å²) in [5.41, 5.74) is 22.3. The van der Waals surface area contributed by atoms with E-state index < -0.39 is 0 Å². The monoisotopic (exact) mass is 923 g/mol. The van der Waals surface area contributed by atoms with E-state index in [1.165, 1.54) is 251 Å². The number of benzene rings is 2. The first-order valence-corrected chi connectivity index (χ1v) is 29.5. The van der Waals surface area contributed by atoms with E-state index in [2.05, 4.69) is 90.1 Å². The van der Waals surface area contributed by atoms with Crippen molar-refractivity contribution >= 4 is 11.4 Å². The van der Waals surface area contributed by atoms with Gasteiger partial charge in [0.2, 0.25) is 11.4 Å². The van der Waals surface area contributed by atoms with Crippen LogP contribution in [0, 0.1) is 0 Å². The van der Waals surface area contributed by atoms with Crippen LogP contribution in [0.25, 0.3) is 16.9 Å². The molecule has 64 heavy (non-hydrogen) atoms. The van der Waals surface area contributed by atoms with Crippen LogP contribution in [0.2, 0.25) is 10.8 Å². The van der Waals surface area contributed by atoms with Crippen molar-refractivity contribution in [2.24, 2.45) is 0 Å². The third kappa shape index (κ3) is 26.4. The van der Waals surface area contributed by atoms with Crippen molar-refractivity contribution in [3.8, 4) is 0 Å². The van der Waals surface area contributed by atoms with Gasteiger partial charge in [-0.1, -0.05) is 238 Å². The molecule has 1 heterocycles. The van der Waals surface area contributed by atoms with Gasteiger partial charge in [0.25, 0.3) is 0 Å². The molecule has 3 rings (SSSR count). The molecule has 0 spiro atoms. The maximum absolute atomic E-state index is 12.2. The number of rotatable bonds is 41. The summed E-state index contributed by atoms with van der Waals surface area (Å²) in [4.78, 5) is 0. The molecule has 1 aliphatic rings. The van der Waals surface area contributed by atoms with Crippen molar-refractivity contribution in [1.82, 2.24) is 0 Å². The van der Waals surface area contributed by atoms with Crippen LogP contribution >= 0.6 is 0 Å². The van der Waals surface area contributed by atoms with Crippen LogP contribution in [0.4, 0.5) is 0 Å². The molecule has 2 aromatic carbocycles. The maximum atomic E-state index is 12.2. The summed E-state index contributed by atoms with van der Waals surface area (Å²) in [7, 11) is 0. The van der Waals surface area contributed by atoms with Gasteiger partial charge in [-0.25, -0.2) is 4.70 Å². The fourth-order valence-electron chi connectivity index (χ4n) is 9.55. The second-order valence-electron chi connectivity index (χ2n) is 19.2. The zero-order chi connectivity index (χ0) is 46.1. The van der Waals surface area contributed by atoms with Crippen molar-refractivity contribution in [1.29, 1.82) is 0 Å². The first kappa shape index (κ1) is 58.1. The predicted octanol–water partition coefficient (Wildman–Crippen LogP) is 21.6. The normalized spacial score (nSPS) is 12.8. The van der Waals surface area contributed by atoms with E-state index >= 15 is 0 Å². The first-order valence-electron chi connectivity index (χ1n) is 28.1. The van der Waals surface area contributed by atoms with Gasteiger partial charge in [0, 0.05) is 22.3 Å². The zero-order valence-electron chi connectivity index (χ0n) is 43.4. The van der Waals surface area contributed by atoms with Gasteiger partial charge in [-0.2, -0.15) is 0 Å². The molecule has 0 saturated carbocycles. The van der Waals surface area contributed by atoms with Gasteiger partial charge in [-0.3, -0.25) is 0 Å². The van der Waals surface area contributed by atoms with E-state index in [0.717, 1.165) is 42.6 Å². The average molecular weight is 924 g/mol. The molecule has 2 nitrogen and oxygen atoms in total. The van der Waals surface area contributed by atoms with Crippen LogP contribution in [-0.4, -0.2) is 4.70 Å². The Morgan fingerprint density at radius 2 is 0.562 bits per heavy atom. The van der Waals surface area contributed by atoms with Crippen molar-refractivity contribution in [3.05, 3.63) is 87.5 Å². The van der Waals surface area contributed by atoms with Crippen LogP contribution in [0.5, 0.6) is 0 Å². The molecular weight excluding hydrogens is 819 g/mol. The minimum atomic E-state index is 1.04. The van der Waals surface area contributed by atoms with E-state index in [0.29, 0.717) is 0 Å². The second-order valence-corrected chi connectivity index (χ2v) is 21.1. The Morgan fingerprint density at radius 3 is 0.844 bits per heavy atom. The molecule has 0 aromatic heterocycles. The molecule has 0 radical (unpaired) electrons. The molecule has 0 amide bonds. The van der Waals surface area contributed by atoms with Gasteiger partial charge < -0.3 is 5.53 Å². The molecule has 1 aliphatic heterocycles. The summed E-state index contributed by atoms with van der Waals surface area (Å²) in [5, 5.41) is 2.56. The van der Waals surface area contributed by atoms with E-state index in [1.807, 2.05) is 14.4 Å². The Balaban J connectivity index is 0.00000266. The Bertz CT molecular complexity index is 1450. The molecule has 368 valence electrons. The Labute approximate surface area is 405 Å². The number of unbranched alkanes of at least 4 members (excludes halogenated alkanes) is 29. The summed E-state index contributed by atoms with van der Waals surface area (Å²) in [6, 6.07) is 18.4. The van der Waals surface area contributed by atoms with Crippen LogP contribution in [0.15, 0.2) is 59.7 Å². The van der Waals surface area contributed by atoms with Gasteiger partial charge >= 0.3 is 39.1 Å². The topological polar surface area (TPSA) is 25.3 Å². The SMILES string of the molecule is CCCCCCCCCCCCCCCCCCCCCCCC1=C(c2ccc(CCCCCC)cc2)[N+](=[N-])C(c2ccc(CCCC)cc2)=C1CCCCCCCC.C[CH2][Ni][CH2]C. The molecular formula is C61H104N2Ni. The number of nitrogens with zero attached hydrogens (tertiary/aromatic N) is 2. The Morgan fingerprint density at radius 1 is 0.312 bits per heavy atom. The molecule has 0 aliphatic carbocycles. The quantitative estimate of drug-likeness (QED) is 0.0361. The third-order valence-corrected chi connectivity index (χ3v) is 14.6. The average Bonchev–Trinajstić information content (AvgIpc) is 3.59. The molecule has 0 unspecified atom stereocenters. The van der Waals surface area contributed by atoms with Crippen molar-refractivity contribution in [2.45, 2.75) is 290 Å². The minimum absolute atomic E-state index is 1.04. The van der Waals surface area contributed by atoms with Gasteiger partial charge in [-0.15, -0.1) is 0 Å². The molecule has 0 fully saturated rings. The summed E-state index contributed by atoms with van der Waals surface area (Å²) in [6.07, 6.45) is 49.4. The van der Waals surface area contributed by atoms with Crippen LogP contribution < -0.4 is 0 Å². The van der Waals surface area contributed by atoms with E-state index in [4.69, 9.17) is 0 Å². The van der Waals surface area contributed by atoms with E-state index in [9.17, 15) is 5.53 Å². The number of hydrogen-bond acceptors (Lipinski definition) is 0. The van der Waals surface area contributed by atoms with E-state index in [-0.39, 0.29) is 0 Å². The number of allylic oxidation sites excluding steroid dienone is 2. The second kappa shape index (κ2) is 41.2. The fourth-order valence-corrected chi connectivity index (χ4v) is 10.0. The summed E-state index contributed by atoms with van der Waals surface area (Å²) < 4.78 is 1.61. The van der Waals surface area contributed by atoms with Crippen LogP contribution in [-0.2, 0) is 27.3 Å². The van der Waals surface area contributed by atoms with Crippen molar-refractivity contribution in [2.75, 3.05) is 0 Å². The summed E-state index contributed by atoms with van der Waals surface area (Å²) in [6.45, 7) is 13.5. The number of hydrogen-bond donors (Lipinski definition) is 0. The molecule has 2 aromatic rings. The zero-order valence-corrected chi connectivity index (χ0v) is 44.4. The summed E-state index contributed by atoms with van der Waals surface area (Å²) >= 11 is 1.82. The first-order chi connectivity index (χ1) is 31.6.